The number of carbonyl (C=O) groups excluding carboxylic acids is 1. The fraction of sp³-hybridized carbons (Fsp3) is 0.857. The van der Waals surface area contributed by atoms with Crippen LogP contribution in [0.3, 0.4) is 0 Å². The molecule has 0 fully saturated rings. The molecule has 0 aromatic heterocycles. The zero-order chi connectivity index (χ0) is 9.78. The van der Waals surface area contributed by atoms with Crippen LogP contribution in [0.1, 0.15) is 27.7 Å². The fourth-order valence-electron chi connectivity index (χ4n) is 0.497. The van der Waals surface area contributed by atoms with Crippen molar-refractivity contribution in [3.8, 4) is 0 Å². The smallest absolute Gasteiger partial charge is 0.421 e. The molecule has 2 radical (unpaired) electrons. The molecule has 0 aromatic carbocycles. The highest BCUT2D eigenvalue weighted by Gasteiger charge is 2.16. The number of amides is 1. The maximum Gasteiger partial charge on any atom is 0.421 e. The molecule has 0 aliphatic heterocycles. The van der Waals surface area contributed by atoms with Crippen LogP contribution in [0.2, 0.25) is 0 Å². The fourth-order valence-corrected chi connectivity index (χ4v) is 0.497. The Morgan fingerprint density at radius 2 is 2.08 bits per heavy atom. The lowest BCUT2D eigenvalue weighted by atomic mass is 10.2. The summed E-state index contributed by atoms with van der Waals surface area (Å²) in [5.41, 5.74) is 1.85. The van der Waals surface area contributed by atoms with Crippen molar-refractivity contribution in [3.05, 3.63) is 0 Å². The Bertz CT molecular complexity index is 156. The summed E-state index contributed by atoms with van der Waals surface area (Å²) < 4.78 is 4.94. The molecule has 5 heteroatoms. The minimum Gasteiger partial charge on any atom is -0.443 e. The number of hydrogen-bond donors (Lipinski definition) is 1. The third-order valence-corrected chi connectivity index (χ3v) is 0.974. The minimum absolute atomic E-state index is 0.487. The third-order valence-electron chi connectivity index (χ3n) is 0.974. The second kappa shape index (κ2) is 4.35. The first-order valence-corrected chi connectivity index (χ1v) is 3.87. The molecule has 0 aliphatic carbocycles. The molecule has 0 saturated heterocycles. The Morgan fingerprint density at radius 3 is 2.42 bits per heavy atom. The molecule has 0 spiro atoms. The predicted molar refractivity (Wildman–Crippen MR) is 47.5 cm³/mol. The van der Waals surface area contributed by atoms with E-state index in [0.29, 0.717) is 6.54 Å². The largest absolute Gasteiger partial charge is 0.443 e. The average Bonchev–Trinajstić information content (AvgIpc) is 1.82. The topological polar surface area (TPSA) is 41.6 Å². The minimum atomic E-state index is -0.535. The van der Waals surface area contributed by atoms with Crippen LogP contribution in [0.15, 0.2) is 0 Å². The second-order valence-corrected chi connectivity index (χ2v) is 3.40. The first kappa shape index (κ1) is 11.3. The number of carbonyl (C=O) groups is 1. The number of nitrogens with zero attached hydrogens (tertiary/aromatic N) is 1. The standard InChI is InChI=1S/C7H15BN2O2/c1-5-10(8)9-6(11)12-7(2,3)4/h5H2,1-4H3,(H,9,11). The molecule has 1 N–H and O–H groups in total. The van der Waals surface area contributed by atoms with Crippen LogP contribution in [-0.2, 0) is 4.74 Å². The van der Waals surface area contributed by atoms with Crippen LogP contribution >= 0.6 is 0 Å². The van der Waals surface area contributed by atoms with Crippen molar-refractivity contribution >= 4 is 14.1 Å². The molecule has 0 aromatic rings. The Hall–Kier alpha value is -0.705. The van der Waals surface area contributed by atoms with Crippen molar-refractivity contribution in [1.29, 1.82) is 0 Å². The first-order valence-electron chi connectivity index (χ1n) is 3.87. The maximum absolute atomic E-state index is 11.0. The Balaban J connectivity index is 3.75. The lowest BCUT2D eigenvalue weighted by Gasteiger charge is -2.22. The van der Waals surface area contributed by atoms with E-state index in [2.05, 4.69) is 5.43 Å². The molecule has 12 heavy (non-hydrogen) atoms. The molecule has 4 nitrogen and oxygen atoms in total. The molecular weight excluding hydrogens is 155 g/mol. The van der Waals surface area contributed by atoms with Gasteiger partial charge < -0.3 is 4.74 Å². The molecule has 0 aliphatic rings. The van der Waals surface area contributed by atoms with Gasteiger partial charge in [0.25, 0.3) is 0 Å². The highest BCUT2D eigenvalue weighted by Crippen LogP contribution is 2.06. The van der Waals surface area contributed by atoms with Crippen molar-refractivity contribution in [3.63, 3.8) is 0 Å². The van der Waals surface area contributed by atoms with E-state index in [4.69, 9.17) is 12.7 Å². The van der Waals surface area contributed by atoms with E-state index in [1.54, 1.807) is 20.8 Å². The summed E-state index contributed by atoms with van der Waals surface area (Å²) in [4.78, 5) is 12.1. The summed E-state index contributed by atoms with van der Waals surface area (Å²) in [5.74, 6) is 0. The van der Waals surface area contributed by atoms with Crippen LogP contribution in [0.5, 0.6) is 0 Å². The van der Waals surface area contributed by atoms with Gasteiger partial charge in [0.05, 0.1) is 0 Å². The molecule has 0 heterocycles. The van der Waals surface area contributed by atoms with Crippen molar-refractivity contribution < 1.29 is 9.53 Å². The maximum atomic E-state index is 11.0. The van der Waals surface area contributed by atoms with Gasteiger partial charge in [0.1, 0.15) is 5.60 Å². The third kappa shape index (κ3) is 6.03. The molecule has 0 bridgehead atoms. The zero-order valence-electron chi connectivity index (χ0n) is 8.05. The normalized spacial score (nSPS) is 11.4. The van der Waals surface area contributed by atoms with Crippen LogP contribution in [0.4, 0.5) is 4.79 Å². The average molecular weight is 170 g/mol. The first-order chi connectivity index (χ1) is 5.35. The van der Waals surface area contributed by atoms with Gasteiger partial charge >= 0.3 is 6.09 Å². The van der Waals surface area contributed by atoms with Gasteiger partial charge in [0.2, 0.25) is 7.98 Å². The lowest BCUT2D eigenvalue weighted by Crippen LogP contribution is -2.43. The summed E-state index contributed by atoms with van der Waals surface area (Å²) in [6.07, 6.45) is -0.535. The van der Waals surface area contributed by atoms with Crippen LogP contribution in [-0.4, -0.2) is 31.1 Å². The van der Waals surface area contributed by atoms with Gasteiger partial charge in [-0.3, -0.25) is 10.3 Å². The number of hydrogen-bond acceptors (Lipinski definition) is 3. The van der Waals surface area contributed by atoms with E-state index in [1.165, 1.54) is 0 Å². The van der Waals surface area contributed by atoms with E-state index in [9.17, 15) is 4.79 Å². The zero-order valence-corrected chi connectivity index (χ0v) is 8.05. The van der Waals surface area contributed by atoms with Gasteiger partial charge in [-0.15, -0.1) is 0 Å². The van der Waals surface area contributed by atoms with Crippen molar-refractivity contribution in [2.24, 2.45) is 0 Å². The predicted octanol–water partition coefficient (Wildman–Crippen LogP) is 0.831. The molecule has 0 saturated carbocycles. The molecule has 0 atom stereocenters. The highest BCUT2D eigenvalue weighted by atomic mass is 16.6. The van der Waals surface area contributed by atoms with E-state index < -0.39 is 11.7 Å². The highest BCUT2D eigenvalue weighted by molar-refractivity contribution is 6.04. The molecule has 0 unspecified atom stereocenters. The summed E-state index contributed by atoms with van der Waals surface area (Å²) >= 11 is 0. The molecule has 68 valence electrons. The van der Waals surface area contributed by atoms with Crippen LogP contribution in [0, 0.1) is 0 Å². The number of nitrogens with one attached hydrogen (secondary N) is 1. The van der Waals surface area contributed by atoms with Crippen LogP contribution < -0.4 is 5.43 Å². The van der Waals surface area contributed by atoms with E-state index in [1.807, 2.05) is 6.92 Å². The molecule has 1 amide bonds. The summed E-state index contributed by atoms with van der Waals surface area (Å²) in [6.45, 7) is 7.72. The number of rotatable bonds is 2. The Morgan fingerprint density at radius 1 is 1.58 bits per heavy atom. The van der Waals surface area contributed by atoms with Gasteiger partial charge in [0, 0.05) is 6.54 Å². The van der Waals surface area contributed by atoms with Gasteiger partial charge in [0.15, 0.2) is 0 Å². The monoisotopic (exact) mass is 170 g/mol. The van der Waals surface area contributed by atoms with Gasteiger partial charge in [-0.05, 0) is 20.8 Å². The lowest BCUT2D eigenvalue weighted by molar-refractivity contribution is 0.0433. The quantitative estimate of drug-likeness (QED) is 0.493. The van der Waals surface area contributed by atoms with Crippen molar-refractivity contribution in [2.75, 3.05) is 6.54 Å². The van der Waals surface area contributed by atoms with Crippen LogP contribution in [0.25, 0.3) is 0 Å². The summed E-state index contributed by atoms with van der Waals surface area (Å²) in [5, 5.41) is 0. The summed E-state index contributed by atoms with van der Waals surface area (Å²) in [7, 11) is 5.31. The summed E-state index contributed by atoms with van der Waals surface area (Å²) in [6, 6.07) is 0. The van der Waals surface area contributed by atoms with E-state index in [-0.39, 0.29) is 0 Å². The number of hydrazine groups is 1. The van der Waals surface area contributed by atoms with Gasteiger partial charge in [-0.2, -0.15) is 0 Å². The molecular formula is C7H15BN2O2. The van der Waals surface area contributed by atoms with Crippen molar-refractivity contribution in [1.82, 2.24) is 10.3 Å². The Labute approximate surface area is 74.7 Å². The van der Waals surface area contributed by atoms with Gasteiger partial charge in [-0.25, -0.2) is 4.79 Å². The second-order valence-electron chi connectivity index (χ2n) is 3.40. The SMILES string of the molecule is [B]N(CC)NC(=O)OC(C)(C)C. The molecule has 0 rings (SSSR count). The van der Waals surface area contributed by atoms with Gasteiger partial charge in [-0.1, -0.05) is 6.92 Å². The van der Waals surface area contributed by atoms with E-state index >= 15 is 0 Å². The van der Waals surface area contributed by atoms with E-state index in [0.717, 1.165) is 4.92 Å². The Kier molecular flexibility index (Phi) is 4.10. The number of ether oxygens (including phenoxy) is 1. The van der Waals surface area contributed by atoms with Crippen molar-refractivity contribution in [2.45, 2.75) is 33.3 Å².